The lowest BCUT2D eigenvalue weighted by molar-refractivity contribution is -0.143. The summed E-state index contributed by atoms with van der Waals surface area (Å²) in [5.74, 6) is -0.379. The van der Waals surface area contributed by atoms with Crippen LogP contribution in [-0.2, 0) is 17.5 Å². The van der Waals surface area contributed by atoms with Gasteiger partial charge >= 0.3 is 12.3 Å². The fourth-order valence-electron chi connectivity index (χ4n) is 2.23. The van der Waals surface area contributed by atoms with Gasteiger partial charge in [0.2, 0.25) is 0 Å². The van der Waals surface area contributed by atoms with E-state index in [1.54, 1.807) is 30.3 Å². The van der Waals surface area contributed by atoms with Gasteiger partial charge < -0.3 is 26.0 Å². The number of nitrogen functional groups attached to an aromatic ring is 1. The molecule has 10 heteroatoms. The number of halogens is 3. The van der Waals surface area contributed by atoms with Crippen LogP contribution in [0.25, 0.3) is 0 Å². The van der Waals surface area contributed by atoms with Crippen molar-refractivity contribution in [3.05, 3.63) is 59.3 Å². The Morgan fingerprint density at radius 3 is 2.48 bits per heavy atom. The molecular formula is C17H18F3N3O4. The van der Waals surface area contributed by atoms with Gasteiger partial charge in [0.15, 0.2) is 5.69 Å². The number of ether oxygens (including phenoxy) is 1. The van der Waals surface area contributed by atoms with Crippen molar-refractivity contribution < 1.29 is 32.9 Å². The second-order valence-electron chi connectivity index (χ2n) is 5.63. The van der Waals surface area contributed by atoms with E-state index in [9.17, 15) is 28.2 Å². The molecule has 7 nitrogen and oxygen atoms in total. The van der Waals surface area contributed by atoms with E-state index in [0.717, 1.165) is 17.7 Å². The van der Waals surface area contributed by atoms with Crippen LogP contribution in [0.1, 0.15) is 22.9 Å². The number of pyridine rings is 1. The number of benzene rings is 1. The van der Waals surface area contributed by atoms with Crippen LogP contribution in [0.5, 0.6) is 0 Å². The minimum atomic E-state index is -4.87. The standard InChI is InChI=1S/C17H18F3N3O4/c18-17(19,20)15-11(6-7-13(21)23-15)14(25)12(24)8-22-16(26)27-9-10-4-2-1-3-5-10/h1-7,12,14,24-25H,8-9H2,(H2,21,23)(H,22,26). The molecule has 0 radical (unpaired) electrons. The summed E-state index contributed by atoms with van der Waals surface area (Å²) in [5, 5.41) is 22.1. The lowest BCUT2D eigenvalue weighted by Gasteiger charge is -2.21. The van der Waals surface area contributed by atoms with Crippen LogP contribution in [0.2, 0.25) is 0 Å². The van der Waals surface area contributed by atoms with E-state index < -0.39 is 42.3 Å². The molecule has 1 amide bonds. The first-order valence-electron chi connectivity index (χ1n) is 7.82. The molecule has 0 aliphatic rings. The van der Waals surface area contributed by atoms with Gasteiger partial charge in [0, 0.05) is 12.1 Å². The molecule has 0 fully saturated rings. The van der Waals surface area contributed by atoms with Crippen LogP contribution in [0.15, 0.2) is 42.5 Å². The average Bonchev–Trinajstić information content (AvgIpc) is 2.64. The lowest BCUT2D eigenvalue weighted by atomic mass is 10.0. The number of alkyl halides is 3. The molecule has 2 atom stereocenters. The molecule has 0 aliphatic carbocycles. The molecule has 0 saturated heterocycles. The van der Waals surface area contributed by atoms with E-state index in [2.05, 4.69) is 10.3 Å². The summed E-state index contributed by atoms with van der Waals surface area (Å²) in [6.45, 7) is -0.554. The van der Waals surface area contributed by atoms with Crippen molar-refractivity contribution in [3.8, 4) is 0 Å². The van der Waals surface area contributed by atoms with Gasteiger partial charge in [-0.15, -0.1) is 0 Å². The minimum absolute atomic E-state index is 0.0224. The molecule has 1 aromatic carbocycles. The number of anilines is 1. The maximum absolute atomic E-state index is 13.0. The molecular weight excluding hydrogens is 367 g/mol. The molecule has 1 aromatic heterocycles. The molecule has 2 rings (SSSR count). The van der Waals surface area contributed by atoms with Crippen LogP contribution in [-0.4, -0.2) is 33.9 Å². The smallest absolute Gasteiger partial charge is 0.433 e. The van der Waals surface area contributed by atoms with E-state index in [0.29, 0.717) is 0 Å². The molecule has 0 spiro atoms. The average molecular weight is 385 g/mol. The van der Waals surface area contributed by atoms with Gasteiger partial charge in [-0.05, 0) is 11.6 Å². The molecule has 146 valence electrons. The van der Waals surface area contributed by atoms with E-state index in [1.807, 2.05) is 0 Å². The highest BCUT2D eigenvalue weighted by Gasteiger charge is 2.38. The minimum Gasteiger partial charge on any atom is -0.445 e. The van der Waals surface area contributed by atoms with Crippen molar-refractivity contribution in [2.45, 2.75) is 25.0 Å². The first-order chi connectivity index (χ1) is 12.7. The first-order valence-corrected chi connectivity index (χ1v) is 7.82. The second kappa shape index (κ2) is 8.69. The number of nitrogens with two attached hydrogens (primary N) is 1. The van der Waals surface area contributed by atoms with Gasteiger partial charge in [0.25, 0.3) is 0 Å². The first kappa shape index (κ1) is 20.5. The zero-order valence-corrected chi connectivity index (χ0v) is 14.0. The van der Waals surface area contributed by atoms with Crippen molar-refractivity contribution in [2.75, 3.05) is 12.3 Å². The van der Waals surface area contributed by atoms with Crippen LogP contribution in [0, 0.1) is 0 Å². The monoisotopic (exact) mass is 385 g/mol. The van der Waals surface area contributed by atoms with Gasteiger partial charge in [0.05, 0.1) is 0 Å². The quantitative estimate of drug-likeness (QED) is 0.604. The molecule has 27 heavy (non-hydrogen) atoms. The van der Waals surface area contributed by atoms with Crippen molar-refractivity contribution in [3.63, 3.8) is 0 Å². The van der Waals surface area contributed by atoms with E-state index in [4.69, 9.17) is 10.5 Å². The SMILES string of the molecule is Nc1ccc(C(O)C(O)CNC(=O)OCc2ccccc2)c(C(F)(F)F)n1. The molecule has 0 saturated carbocycles. The predicted octanol–water partition coefficient (Wildman–Crippen LogP) is 2.00. The third-order valence-electron chi connectivity index (χ3n) is 3.57. The van der Waals surface area contributed by atoms with Crippen molar-refractivity contribution in [1.29, 1.82) is 0 Å². The maximum atomic E-state index is 13.0. The summed E-state index contributed by atoms with van der Waals surface area (Å²) < 4.78 is 44.0. The Bertz CT molecular complexity index is 772. The second-order valence-corrected chi connectivity index (χ2v) is 5.63. The summed E-state index contributed by atoms with van der Waals surface area (Å²) in [7, 11) is 0. The number of hydrogen-bond acceptors (Lipinski definition) is 6. The maximum Gasteiger partial charge on any atom is 0.433 e. The Morgan fingerprint density at radius 2 is 1.85 bits per heavy atom. The van der Waals surface area contributed by atoms with Crippen LogP contribution >= 0.6 is 0 Å². The molecule has 0 bridgehead atoms. The van der Waals surface area contributed by atoms with E-state index in [1.165, 1.54) is 0 Å². The van der Waals surface area contributed by atoms with Crippen molar-refractivity contribution >= 4 is 11.9 Å². The number of hydrogen-bond donors (Lipinski definition) is 4. The fourth-order valence-corrected chi connectivity index (χ4v) is 2.23. The summed E-state index contributed by atoms with van der Waals surface area (Å²) >= 11 is 0. The number of aliphatic hydroxyl groups is 2. The summed E-state index contributed by atoms with van der Waals surface area (Å²) in [6.07, 6.45) is -9.42. The Labute approximate surface area is 152 Å². The number of rotatable bonds is 6. The summed E-state index contributed by atoms with van der Waals surface area (Å²) in [6, 6.07) is 10.8. The Hall–Kier alpha value is -2.85. The third-order valence-corrected chi connectivity index (χ3v) is 3.57. The highest BCUT2D eigenvalue weighted by atomic mass is 19.4. The number of aromatic nitrogens is 1. The highest BCUT2D eigenvalue weighted by Crippen LogP contribution is 2.34. The number of carbonyl (C=O) groups excluding carboxylic acids is 1. The van der Waals surface area contributed by atoms with Gasteiger partial charge in [-0.2, -0.15) is 13.2 Å². The number of nitrogens with one attached hydrogen (secondary N) is 1. The van der Waals surface area contributed by atoms with Gasteiger partial charge in [0.1, 0.15) is 24.6 Å². The zero-order valence-electron chi connectivity index (χ0n) is 14.0. The fraction of sp³-hybridized carbons (Fsp3) is 0.294. The van der Waals surface area contributed by atoms with Gasteiger partial charge in [-0.1, -0.05) is 36.4 Å². The van der Waals surface area contributed by atoms with Crippen LogP contribution in [0.3, 0.4) is 0 Å². The van der Waals surface area contributed by atoms with Crippen LogP contribution < -0.4 is 11.1 Å². The Kier molecular flexibility index (Phi) is 6.59. The highest BCUT2D eigenvalue weighted by molar-refractivity contribution is 5.67. The topological polar surface area (TPSA) is 118 Å². The summed E-state index contributed by atoms with van der Waals surface area (Å²) in [5.41, 5.74) is 3.93. The molecule has 2 aromatic rings. The van der Waals surface area contributed by atoms with Gasteiger partial charge in [-0.25, -0.2) is 9.78 Å². The number of carbonyl (C=O) groups is 1. The number of amides is 1. The predicted molar refractivity (Wildman–Crippen MR) is 89.2 cm³/mol. The van der Waals surface area contributed by atoms with E-state index in [-0.39, 0.29) is 12.4 Å². The van der Waals surface area contributed by atoms with Crippen LogP contribution in [0.4, 0.5) is 23.8 Å². The normalized spacial score (nSPS) is 13.7. The Balaban J connectivity index is 1.94. The van der Waals surface area contributed by atoms with Gasteiger partial charge in [-0.3, -0.25) is 0 Å². The molecule has 5 N–H and O–H groups in total. The molecule has 1 heterocycles. The summed E-state index contributed by atoms with van der Waals surface area (Å²) in [4.78, 5) is 14.8. The molecule has 0 aliphatic heterocycles. The largest absolute Gasteiger partial charge is 0.445 e. The lowest BCUT2D eigenvalue weighted by Crippen LogP contribution is -2.36. The van der Waals surface area contributed by atoms with Crippen molar-refractivity contribution in [2.24, 2.45) is 0 Å². The van der Waals surface area contributed by atoms with Crippen molar-refractivity contribution in [1.82, 2.24) is 10.3 Å². The number of aliphatic hydroxyl groups excluding tert-OH is 2. The number of nitrogens with zero attached hydrogens (tertiary/aromatic N) is 1. The van der Waals surface area contributed by atoms with E-state index >= 15 is 0 Å². The zero-order chi connectivity index (χ0) is 20.0. The third kappa shape index (κ3) is 5.83. The molecule has 2 unspecified atom stereocenters. The Morgan fingerprint density at radius 1 is 1.19 bits per heavy atom. The number of alkyl carbamates (subject to hydrolysis) is 1.